The summed E-state index contributed by atoms with van der Waals surface area (Å²) in [5.74, 6) is 0.992. The second-order valence-corrected chi connectivity index (χ2v) is 5.99. The van der Waals surface area contributed by atoms with E-state index in [0.717, 1.165) is 20.6 Å². The molecule has 0 spiro atoms. The number of amides is 1. The van der Waals surface area contributed by atoms with Crippen LogP contribution in [0, 0.1) is 3.57 Å². The first-order valence-corrected chi connectivity index (χ1v) is 8.01. The lowest BCUT2D eigenvalue weighted by molar-refractivity contribution is 0.0995. The van der Waals surface area contributed by atoms with Gasteiger partial charge in [-0.15, -0.1) is 0 Å². The third kappa shape index (κ3) is 3.68. The van der Waals surface area contributed by atoms with Crippen molar-refractivity contribution in [2.75, 3.05) is 0 Å². The Morgan fingerprint density at radius 1 is 0.957 bits per heavy atom. The molecule has 1 heterocycles. The molecule has 0 aliphatic rings. The Kier molecular flexibility index (Phi) is 4.57. The zero-order chi connectivity index (χ0) is 16.2. The Morgan fingerprint density at radius 2 is 1.74 bits per heavy atom. The molecule has 1 amide bonds. The summed E-state index contributed by atoms with van der Waals surface area (Å²) in [4.78, 5) is 15.6. The molecule has 0 saturated carbocycles. The lowest BCUT2D eigenvalue weighted by Crippen LogP contribution is -2.13. The number of nitrogens with two attached hydrogens (primary N) is 1. The van der Waals surface area contributed by atoms with E-state index in [-0.39, 0.29) is 5.69 Å². The molecule has 114 valence electrons. The fourth-order valence-electron chi connectivity index (χ4n) is 2.11. The van der Waals surface area contributed by atoms with Gasteiger partial charge in [0.25, 0.3) is 5.91 Å². The molecule has 0 atom stereocenters. The van der Waals surface area contributed by atoms with Crippen molar-refractivity contribution in [2.45, 2.75) is 0 Å². The van der Waals surface area contributed by atoms with E-state index < -0.39 is 5.91 Å². The second-order valence-electron chi connectivity index (χ2n) is 4.83. The first-order valence-electron chi connectivity index (χ1n) is 6.93. The number of nitrogens with zero attached hydrogens (tertiary/aromatic N) is 1. The van der Waals surface area contributed by atoms with Crippen molar-refractivity contribution in [1.29, 1.82) is 0 Å². The summed E-state index contributed by atoms with van der Waals surface area (Å²) in [6.07, 6.45) is 0. The number of primary amides is 1. The molecular weight excluding hydrogens is 399 g/mol. The van der Waals surface area contributed by atoms with Crippen molar-refractivity contribution < 1.29 is 9.53 Å². The van der Waals surface area contributed by atoms with E-state index >= 15 is 0 Å². The molecule has 4 nitrogen and oxygen atoms in total. The van der Waals surface area contributed by atoms with Crippen LogP contribution in [0.25, 0.3) is 11.3 Å². The lowest BCUT2D eigenvalue weighted by Gasteiger charge is -2.09. The van der Waals surface area contributed by atoms with Crippen LogP contribution < -0.4 is 10.5 Å². The molecule has 0 aliphatic heterocycles. The highest BCUT2D eigenvalue weighted by Crippen LogP contribution is 2.29. The van der Waals surface area contributed by atoms with E-state index in [4.69, 9.17) is 10.5 Å². The molecule has 5 heteroatoms. The van der Waals surface area contributed by atoms with Crippen molar-refractivity contribution >= 4 is 28.5 Å². The molecule has 1 aromatic heterocycles. The second kappa shape index (κ2) is 6.78. The van der Waals surface area contributed by atoms with Gasteiger partial charge in [0.15, 0.2) is 0 Å². The van der Waals surface area contributed by atoms with E-state index in [9.17, 15) is 4.79 Å². The molecular formula is C18H13IN2O2. The third-order valence-corrected chi connectivity index (χ3v) is 4.09. The van der Waals surface area contributed by atoms with Crippen LogP contribution in [-0.4, -0.2) is 10.9 Å². The number of hydrogen-bond acceptors (Lipinski definition) is 3. The molecule has 0 radical (unpaired) electrons. The average molecular weight is 412 g/mol. The van der Waals surface area contributed by atoms with Crippen molar-refractivity contribution in [2.24, 2.45) is 5.73 Å². The van der Waals surface area contributed by atoms with Gasteiger partial charge in [0.05, 0.1) is 5.69 Å². The zero-order valence-electron chi connectivity index (χ0n) is 12.1. The molecule has 2 N–H and O–H groups in total. The maximum atomic E-state index is 11.3. The third-order valence-electron chi connectivity index (χ3n) is 3.20. The normalized spacial score (nSPS) is 10.3. The van der Waals surface area contributed by atoms with Gasteiger partial charge in [-0.25, -0.2) is 4.98 Å². The number of rotatable bonds is 4. The Hall–Kier alpha value is -2.41. The summed E-state index contributed by atoms with van der Waals surface area (Å²) in [6, 6.07) is 20.5. The molecule has 3 aromatic rings. The maximum Gasteiger partial charge on any atom is 0.267 e. The summed E-state index contributed by atoms with van der Waals surface area (Å²) in [6.45, 7) is 0. The van der Waals surface area contributed by atoms with Gasteiger partial charge in [0.1, 0.15) is 17.2 Å². The zero-order valence-corrected chi connectivity index (χ0v) is 14.2. The minimum Gasteiger partial charge on any atom is -0.457 e. The van der Waals surface area contributed by atoms with Gasteiger partial charge in [-0.1, -0.05) is 24.3 Å². The number of halogens is 1. The first kappa shape index (κ1) is 15.5. The number of aromatic nitrogens is 1. The monoisotopic (exact) mass is 412 g/mol. The quantitative estimate of drug-likeness (QED) is 0.652. The number of carbonyl (C=O) groups excluding carboxylic acids is 1. The van der Waals surface area contributed by atoms with Crippen molar-refractivity contribution in [3.05, 3.63) is 76.0 Å². The first-order chi connectivity index (χ1) is 11.1. The van der Waals surface area contributed by atoms with E-state index in [1.165, 1.54) is 0 Å². The Bertz CT molecular complexity index is 851. The largest absolute Gasteiger partial charge is 0.457 e. The molecule has 3 rings (SSSR count). The highest BCUT2D eigenvalue weighted by atomic mass is 123. The summed E-state index contributed by atoms with van der Waals surface area (Å²) < 4.78 is 6.79. The Labute approximate surface area is 147 Å². The number of hydrogen-bond donors (Lipinski definition) is 1. The number of carbonyl (C=O) groups is 1. The fourth-order valence-corrected chi connectivity index (χ4v) is 2.88. The van der Waals surface area contributed by atoms with E-state index in [1.807, 2.05) is 54.6 Å². The van der Waals surface area contributed by atoms with Crippen molar-refractivity contribution in [3.63, 3.8) is 0 Å². The van der Waals surface area contributed by atoms with Crippen LogP contribution in [0.1, 0.15) is 10.5 Å². The topological polar surface area (TPSA) is 65.2 Å². The van der Waals surface area contributed by atoms with Crippen LogP contribution in [0.3, 0.4) is 0 Å². The number of para-hydroxylation sites is 1. The number of benzene rings is 2. The van der Waals surface area contributed by atoms with Gasteiger partial charge in [-0.2, -0.15) is 0 Å². The summed E-state index contributed by atoms with van der Waals surface area (Å²) in [5, 5.41) is 0. The molecule has 0 bridgehead atoms. The predicted octanol–water partition coefficient (Wildman–Crippen LogP) is 4.24. The summed E-state index contributed by atoms with van der Waals surface area (Å²) in [7, 11) is 0. The fraction of sp³-hybridized carbons (Fsp3) is 0. The van der Waals surface area contributed by atoms with Crippen molar-refractivity contribution in [1.82, 2.24) is 4.98 Å². The van der Waals surface area contributed by atoms with Crippen LogP contribution in [0.2, 0.25) is 0 Å². The Balaban J connectivity index is 1.90. The van der Waals surface area contributed by atoms with Crippen molar-refractivity contribution in [3.8, 4) is 22.8 Å². The van der Waals surface area contributed by atoms with Crippen LogP contribution in [0.4, 0.5) is 0 Å². The van der Waals surface area contributed by atoms with Crippen LogP contribution in [-0.2, 0) is 0 Å². The predicted molar refractivity (Wildman–Crippen MR) is 97.4 cm³/mol. The Morgan fingerprint density at radius 3 is 2.43 bits per heavy atom. The highest BCUT2D eigenvalue weighted by Gasteiger charge is 2.09. The minimum atomic E-state index is -0.536. The van der Waals surface area contributed by atoms with Crippen LogP contribution >= 0.6 is 22.6 Å². The summed E-state index contributed by atoms with van der Waals surface area (Å²) >= 11 is 2.23. The summed E-state index contributed by atoms with van der Waals surface area (Å²) in [5.41, 5.74) is 7.17. The lowest BCUT2D eigenvalue weighted by atomic mass is 10.1. The smallest absolute Gasteiger partial charge is 0.267 e. The maximum absolute atomic E-state index is 11.3. The van der Waals surface area contributed by atoms with Gasteiger partial charge in [0, 0.05) is 9.13 Å². The molecule has 0 unspecified atom stereocenters. The van der Waals surface area contributed by atoms with Gasteiger partial charge in [-0.05, 0) is 65.1 Å². The van der Waals surface area contributed by atoms with Crippen LogP contribution in [0.5, 0.6) is 11.5 Å². The van der Waals surface area contributed by atoms with Crippen LogP contribution in [0.15, 0.2) is 66.7 Å². The van der Waals surface area contributed by atoms with E-state index in [2.05, 4.69) is 27.6 Å². The van der Waals surface area contributed by atoms with E-state index in [1.54, 1.807) is 12.1 Å². The minimum absolute atomic E-state index is 0.253. The molecule has 0 aliphatic carbocycles. The van der Waals surface area contributed by atoms with Gasteiger partial charge in [0.2, 0.25) is 0 Å². The number of pyridine rings is 1. The average Bonchev–Trinajstić information content (AvgIpc) is 2.56. The van der Waals surface area contributed by atoms with Gasteiger partial charge in [-0.3, -0.25) is 4.79 Å². The molecule has 2 aromatic carbocycles. The van der Waals surface area contributed by atoms with Gasteiger partial charge >= 0.3 is 0 Å². The SMILES string of the molecule is NC(=O)c1cccc(-c2ccc(Oc3ccccc3)cc2[123I])n1. The highest BCUT2D eigenvalue weighted by molar-refractivity contribution is 14.1. The van der Waals surface area contributed by atoms with Gasteiger partial charge < -0.3 is 10.5 Å². The standard InChI is InChI=1S/C18H13IN2O2/c19-15-11-13(23-12-5-2-1-3-6-12)9-10-14(15)16-7-4-8-17(21-16)18(20)22/h1-11H,(H2,20,22)/i19-4. The molecule has 0 saturated heterocycles. The van der Waals surface area contributed by atoms with E-state index in [0.29, 0.717) is 5.69 Å². The number of ether oxygens (including phenoxy) is 1. The molecule has 23 heavy (non-hydrogen) atoms. The molecule has 0 fully saturated rings.